The quantitative estimate of drug-likeness (QED) is 0.676. The lowest BCUT2D eigenvalue weighted by molar-refractivity contribution is 1.53. The first-order valence-corrected chi connectivity index (χ1v) is 5.36. The molecule has 0 saturated heterocycles. The second kappa shape index (κ2) is 4.36. The Balaban J connectivity index is 2.43. The van der Waals surface area contributed by atoms with Crippen LogP contribution in [0, 0.1) is 6.92 Å². The van der Waals surface area contributed by atoms with E-state index in [-0.39, 0.29) is 0 Å². The molecule has 79 valence electrons. The maximum Gasteiger partial charge on any atom is -0.0152 e. The van der Waals surface area contributed by atoms with E-state index in [0.717, 1.165) is 11.1 Å². The maximum absolute atomic E-state index is 4.04. The predicted octanol–water partition coefficient (Wildman–Crippen LogP) is 4.57. The van der Waals surface area contributed by atoms with Gasteiger partial charge in [-0.3, -0.25) is 0 Å². The summed E-state index contributed by atoms with van der Waals surface area (Å²) in [5, 5.41) is 0. The van der Waals surface area contributed by atoms with Crippen LogP contribution in [0.15, 0.2) is 55.1 Å². The Morgan fingerprint density at radius 2 is 1.56 bits per heavy atom. The molecule has 0 amide bonds. The van der Waals surface area contributed by atoms with E-state index in [0.29, 0.717) is 0 Å². The number of hydrogen-bond donors (Lipinski definition) is 0. The van der Waals surface area contributed by atoms with Crippen molar-refractivity contribution < 1.29 is 0 Å². The minimum Gasteiger partial charge on any atom is -0.0955 e. The maximum atomic E-state index is 4.04. The van der Waals surface area contributed by atoms with Crippen molar-refractivity contribution in [3.8, 4) is 11.1 Å². The molecule has 0 spiro atoms. The summed E-state index contributed by atoms with van der Waals surface area (Å²) in [4.78, 5) is 0. The van der Waals surface area contributed by atoms with Crippen molar-refractivity contribution in [2.45, 2.75) is 6.92 Å². The molecule has 2 aromatic rings. The van der Waals surface area contributed by atoms with Crippen LogP contribution in [-0.2, 0) is 0 Å². The molecule has 0 bridgehead atoms. The average molecular weight is 207 g/mol. The molecule has 0 aliphatic carbocycles. The highest BCUT2D eigenvalue weighted by molar-refractivity contribution is 5.71. The summed E-state index contributed by atoms with van der Waals surface area (Å²) >= 11 is 0. The van der Waals surface area contributed by atoms with Gasteiger partial charge in [-0.25, -0.2) is 0 Å². The molecular weight excluding hydrogens is 192 g/mol. The van der Waals surface area contributed by atoms with Crippen LogP contribution in [0.1, 0.15) is 18.1 Å². The Kier molecular flexibility index (Phi) is 2.91. The fraction of sp³-hybridized carbons (Fsp3) is 0.0625. The minimum absolute atomic E-state index is 1.06. The van der Waals surface area contributed by atoms with Crippen molar-refractivity contribution in [2.75, 3.05) is 0 Å². The van der Waals surface area contributed by atoms with Gasteiger partial charge in [0.25, 0.3) is 0 Å². The highest BCUT2D eigenvalue weighted by atomic mass is 14.1. The normalized spacial score (nSPS) is 10.1. The van der Waals surface area contributed by atoms with Gasteiger partial charge in [0.05, 0.1) is 0 Å². The smallest absolute Gasteiger partial charge is 0.0152 e. The Bertz CT molecular complexity index is 504. The summed E-state index contributed by atoms with van der Waals surface area (Å²) in [6, 6.07) is 16.6. The molecule has 0 aliphatic rings. The van der Waals surface area contributed by atoms with Crippen LogP contribution < -0.4 is 0 Å². The highest BCUT2D eigenvalue weighted by Crippen LogP contribution is 2.24. The first kappa shape index (κ1) is 10.7. The van der Waals surface area contributed by atoms with Crippen molar-refractivity contribution in [1.29, 1.82) is 0 Å². The van der Waals surface area contributed by atoms with Gasteiger partial charge in [0.2, 0.25) is 0 Å². The van der Waals surface area contributed by atoms with E-state index in [1.165, 1.54) is 16.7 Å². The molecule has 0 heterocycles. The van der Waals surface area contributed by atoms with Gasteiger partial charge in [-0.1, -0.05) is 60.7 Å². The predicted molar refractivity (Wildman–Crippen MR) is 71.0 cm³/mol. The van der Waals surface area contributed by atoms with Crippen LogP contribution in [0.2, 0.25) is 0 Å². The van der Waals surface area contributed by atoms with Crippen molar-refractivity contribution in [3.05, 3.63) is 73.2 Å². The van der Waals surface area contributed by atoms with Gasteiger partial charge in [-0.15, -0.1) is 0 Å². The van der Waals surface area contributed by atoms with Gasteiger partial charge < -0.3 is 0 Å². The molecule has 2 aromatic carbocycles. The summed E-state index contributed by atoms with van der Waals surface area (Å²) in [5.41, 5.74) is 5.73. The van der Waals surface area contributed by atoms with Crippen LogP contribution in [0.5, 0.6) is 0 Å². The molecule has 0 saturated carbocycles. The third kappa shape index (κ3) is 2.06. The second-order valence-corrected chi connectivity index (χ2v) is 4.01. The molecule has 1 radical (unpaired) electrons. The van der Waals surface area contributed by atoms with Crippen LogP contribution in [0.4, 0.5) is 0 Å². The lowest BCUT2D eigenvalue weighted by Crippen LogP contribution is -1.83. The lowest BCUT2D eigenvalue weighted by atomic mass is 9.98. The third-order valence-corrected chi connectivity index (χ3v) is 2.71. The van der Waals surface area contributed by atoms with Crippen LogP contribution in [0.3, 0.4) is 0 Å². The Labute approximate surface area is 97.3 Å². The molecule has 0 aromatic heterocycles. The molecule has 16 heavy (non-hydrogen) atoms. The molecule has 0 heteroatoms. The van der Waals surface area contributed by atoms with Gasteiger partial charge in [-0.05, 0) is 36.1 Å². The second-order valence-electron chi connectivity index (χ2n) is 4.01. The first-order valence-electron chi connectivity index (χ1n) is 5.36. The Morgan fingerprint density at radius 3 is 2.12 bits per heavy atom. The van der Waals surface area contributed by atoms with E-state index < -0.39 is 0 Å². The number of rotatable bonds is 2. The monoisotopic (exact) mass is 207 g/mol. The third-order valence-electron chi connectivity index (χ3n) is 2.71. The van der Waals surface area contributed by atoms with Crippen molar-refractivity contribution in [3.63, 3.8) is 0 Å². The van der Waals surface area contributed by atoms with Crippen LogP contribution >= 0.6 is 0 Å². The van der Waals surface area contributed by atoms with Crippen molar-refractivity contribution in [1.82, 2.24) is 0 Å². The molecule has 2 rings (SSSR count). The number of benzene rings is 2. The van der Waals surface area contributed by atoms with Gasteiger partial charge in [0.15, 0.2) is 0 Å². The molecular formula is C16H15. The van der Waals surface area contributed by atoms with E-state index in [1.54, 1.807) is 0 Å². The molecule has 0 nitrogen and oxygen atoms in total. The standard InChI is InChI=1S/C16H15/c1-12(2)14-8-10-15(11-9-14)16-7-5-4-6-13(16)3/h4-11H,1,3H2,2H3. The lowest BCUT2D eigenvalue weighted by Gasteiger charge is -2.06. The Hall–Kier alpha value is -1.82. The summed E-state index contributed by atoms with van der Waals surface area (Å²) in [6.07, 6.45) is 0. The summed E-state index contributed by atoms with van der Waals surface area (Å²) in [7, 11) is 0. The van der Waals surface area contributed by atoms with Gasteiger partial charge in [-0.2, -0.15) is 0 Å². The summed E-state index contributed by atoms with van der Waals surface area (Å²) < 4.78 is 0. The first-order chi connectivity index (χ1) is 7.68. The van der Waals surface area contributed by atoms with E-state index in [1.807, 2.05) is 25.1 Å². The Morgan fingerprint density at radius 1 is 0.938 bits per heavy atom. The topological polar surface area (TPSA) is 0 Å². The average Bonchev–Trinajstić information content (AvgIpc) is 2.30. The van der Waals surface area contributed by atoms with Crippen LogP contribution in [-0.4, -0.2) is 0 Å². The number of hydrogen-bond acceptors (Lipinski definition) is 0. The van der Waals surface area contributed by atoms with Crippen LogP contribution in [0.25, 0.3) is 16.7 Å². The van der Waals surface area contributed by atoms with Crippen molar-refractivity contribution in [2.24, 2.45) is 0 Å². The largest absolute Gasteiger partial charge is 0.0955 e. The van der Waals surface area contributed by atoms with Crippen molar-refractivity contribution >= 4 is 5.57 Å². The van der Waals surface area contributed by atoms with Gasteiger partial charge in [0.1, 0.15) is 0 Å². The molecule has 0 fully saturated rings. The fourth-order valence-corrected chi connectivity index (χ4v) is 1.74. The number of allylic oxidation sites excluding steroid dienone is 1. The zero-order valence-electron chi connectivity index (χ0n) is 9.53. The molecule has 0 aliphatic heterocycles. The summed E-state index contributed by atoms with van der Waals surface area (Å²) in [5.74, 6) is 0. The van der Waals surface area contributed by atoms with E-state index in [2.05, 4.69) is 43.8 Å². The zero-order chi connectivity index (χ0) is 11.5. The van der Waals surface area contributed by atoms with Gasteiger partial charge in [0, 0.05) is 0 Å². The SMILES string of the molecule is [CH2]c1ccccc1-c1ccc(C(=C)C)cc1. The summed E-state index contributed by atoms with van der Waals surface area (Å²) in [6.45, 7) is 9.99. The van der Waals surface area contributed by atoms with Gasteiger partial charge >= 0.3 is 0 Å². The highest BCUT2D eigenvalue weighted by Gasteiger charge is 2.00. The molecule has 0 unspecified atom stereocenters. The fourth-order valence-electron chi connectivity index (χ4n) is 1.74. The van der Waals surface area contributed by atoms with E-state index in [9.17, 15) is 0 Å². The minimum atomic E-state index is 1.06. The molecule has 0 N–H and O–H groups in total. The van der Waals surface area contributed by atoms with E-state index >= 15 is 0 Å². The molecule has 0 atom stereocenters. The zero-order valence-corrected chi connectivity index (χ0v) is 9.53. The van der Waals surface area contributed by atoms with E-state index in [4.69, 9.17) is 0 Å².